The van der Waals surface area contributed by atoms with Crippen LogP contribution in [-0.4, -0.2) is 61.8 Å². The molecule has 2 heterocycles. The minimum absolute atomic E-state index is 0.00915. The molecule has 0 aromatic heterocycles. The van der Waals surface area contributed by atoms with Gasteiger partial charge in [0.2, 0.25) is 21.8 Å². The number of anilines is 1. The summed E-state index contributed by atoms with van der Waals surface area (Å²) in [7, 11) is -3.38. The number of ketones is 1. The Labute approximate surface area is 193 Å². The first kappa shape index (κ1) is 23.4. The van der Waals surface area contributed by atoms with Crippen LogP contribution in [0.2, 0.25) is 0 Å². The molecule has 9 nitrogen and oxygen atoms in total. The van der Waals surface area contributed by atoms with Gasteiger partial charge in [-0.25, -0.2) is 13.2 Å². The van der Waals surface area contributed by atoms with Gasteiger partial charge >= 0.3 is 5.97 Å². The molecule has 0 radical (unpaired) electrons. The van der Waals surface area contributed by atoms with E-state index in [0.717, 1.165) is 23.3 Å². The van der Waals surface area contributed by atoms with Gasteiger partial charge in [0, 0.05) is 12.1 Å². The maximum Gasteiger partial charge on any atom is 0.329 e. The van der Waals surface area contributed by atoms with Gasteiger partial charge in [-0.05, 0) is 56.9 Å². The van der Waals surface area contributed by atoms with Crippen LogP contribution >= 0.6 is 0 Å². The summed E-state index contributed by atoms with van der Waals surface area (Å²) in [6, 6.07) is 3.64. The highest BCUT2D eigenvalue weighted by Gasteiger charge is 2.51. The Bertz CT molecular complexity index is 1090. The van der Waals surface area contributed by atoms with Crippen LogP contribution in [-0.2, 0) is 35.6 Å². The summed E-state index contributed by atoms with van der Waals surface area (Å²) >= 11 is 0. The first-order valence-electron chi connectivity index (χ1n) is 11.4. The van der Waals surface area contributed by atoms with Crippen molar-refractivity contribution in [3.63, 3.8) is 0 Å². The quantitative estimate of drug-likeness (QED) is 0.334. The van der Waals surface area contributed by atoms with Gasteiger partial charge < -0.3 is 4.74 Å². The number of ether oxygens (including phenoxy) is 1. The average Bonchev–Trinajstić information content (AvgIpc) is 3.36. The molecule has 2 amide bonds. The first-order valence-corrected chi connectivity index (χ1v) is 13.0. The lowest BCUT2D eigenvalue weighted by Crippen LogP contribution is -2.44. The lowest BCUT2D eigenvalue weighted by atomic mass is 9.81. The van der Waals surface area contributed by atoms with Crippen LogP contribution in [0.3, 0.4) is 0 Å². The number of benzene rings is 1. The zero-order chi connectivity index (χ0) is 23.9. The number of fused-ring (bicyclic) bond motifs is 2. The van der Waals surface area contributed by atoms with Crippen molar-refractivity contribution < 1.29 is 32.3 Å². The molecule has 0 bridgehead atoms. The smallest absolute Gasteiger partial charge is 0.329 e. The van der Waals surface area contributed by atoms with Gasteiger partial charge in [-0.15, -0.1) is 0 Å². The molecule has 2 aliphatic heterocycles. The Morgan fingerprint density at radius 3 is 2.36 bits per heavy atom. The van der Waals surface area contributed by atoms with Crippen LogP contribution in [0.5, 0.6) is 0 Å². The highest BCUT2D eigenvalue weighted by molar-refractivity contribution is 7.92. The van der Waals surface area contributed by atoms with E-state index in [-0.39, 0.29) is 29.4 Å². The minimum Gasteiger partial charge on any atom is -0.456 e. The van der Waals surface area contributed by atoms with E-state index < -0.39 is 34.4 Å². The van der Waals surface area contributed by atoms with E-state index in [1.807, 2.05) is 0 Å². The molecule has 3 aliphatic rings. The van der Waals surface area contributed by atoms with Crippen LogP contribution in [0, 0.1) is 11.8 Å². The predicted octanol–water partition coefficient (Wildman–Crippen LogP) is 1.69. The number of nitrogens with zero attached hydrogens (tertiary/aromatic N) is 2. The summed E-state index contributed by atoms with van der Waals surface area (Å²) in [6.07, 6.45) is 3.59. The molecular weight excluding hydrogens is 448 g/mol. The topological polar surface area (TPSA) is 118 Å². The number of hydrogen-bond donors (Lipinski definition) is 0. The molecule has 1 saturated heterocycles. The van der Waals surface area contributed by atoms with Crippen molar-refractivity contribution in [3.05, 3.63) is 29.3 Å². The number of Topliss-reactive ketones (excluding diaryl/α,β-unsaturated/α-hetero) is 1. The third kappa shape index (κ3) is 4.16. The molecule has 0 spiro atoms. The van der Waals surface area contributed by atoms with E-state index in [1.54, 1.807) is 19.1 Å². The van der Waals surface area contributed by atoms with Crippen LogP contribution in [0.25, 0.3) is 0 Å². The number of sulfonamides is 1. The molecule has 1 saturated carbocycles. The van der Waals surface area contributed by atoms with Gasteiger partial charge in [-0.3, -0.25) is 23.6 Å². The lowest BCUT2D eigenvalue weighted by Gasteiger charge is -2.21. The summed E-state index contributed by atoms with van der Waals surface area (Å²) in [6.45, 7) is 2.83. The summed E-state index contributed by atoms with van der Waals surface area (Å²) in [4.78, 5) is 51.5. The number of carbonyl (C=O) groups excluding carboxylic acids is 4. The molecule has 0 N–H and O–H groups in total. The lowest BCUT2D eigenvalue weighted by molar-refractivity contribution is -0.157. The van der Waals surface area contributed by atoms with Crippen LogP contribution in [0.15, 0.2) is 18.2 Å². The Hall–Kier alpha value is -2.75. The first-order chi connectivity index (χ1) is 15.7. The molecule has 2 fully saturated rings. The summed E-state index contributed by atoms with van der Waals surface area (Å²) < 4.78 is 30.9. The van der Waals surface area contributed by atoms with E-state index >= 15 is 0 Å². The Kier molecular flexibility index (Phi) is 6.30. The second-order valence-corrected chi connectivity index (χ2v) is 11.0. The number of amides is 2. The molecular formula is C23H28N2O7S. The summed E-state index contributed by atoms with van der Waals surface area (Å²) in [5.74, 6) is -2.62. The van der Waals surface area contributed by atoms with Crippen molar-refractivity contribution in [2.75, 3.05) is 23.2 Å². The molecule has 4 rings (SSSR count). The fraction of sp³-hybridized carbons (Fsp3) is 0.565. The van der Waals surface area contributed by atoms with Gasteiger partial charge in [0.1, 0.15) is 6.04 Å². The number of hydrogen-bond acceptors (Lipinski definition) is 7. The molecule has 1 aromatic rings. The van der Waals surface area contributed by atoms with E-state index in [0.29, 0.717) is 37.1 Å². The largest absolute Gasteiger partial charge is 0.456 e. The average molecular weight is 477 g/mol. The van der Waals surface area contributed by atoms with E-state index in [1.165, 1.54) is 17.3 Å². The van der Waals surface area contributed by atoms with E-state index in [4.69, 9.17) is 4.74 Å². The maximum atomic E-state index is 12.7. The second-order valence-electron chi connectivity index (χ2n) is 8.82. The van der Waals surface area contributed by atoms with Crippen molar-refractivity contribution in [3.8, 4) is 0 Å². The number of imide groups is 1. The third-order valence-electron chi connectivity index (χ3n) is 6.90. The minimum atomic E-state index is -3.38. The molecule has 3 atom stereocenters. The predicted molar refractivity (Wildman–Crippen MR) is 119 cm³/mol. The van der Waals surface area contributed by atoms with Crippen LogP contribution < -0.4 is 4.31 Å². The van der Waals surface area contributed by atoms with Gasteiger partial charge in [-0.2, -0.15) is 0 Å². The monoisotopic (exact) mass is 476 g/mol. The van der Waals surface area contributed by atoms with Gasteiger partial charge in [0.25, 0.3) is 0 Å². The SMILES string of the molecule is CCS(=O)(=O)N1CCc2cc(C(=O)COC(=O)C(C)N3C(=O)C4CCCCC4C3=O)ccc21. The van der Waals surface area contributed by atoms with Crippen molar-refractivity contribution in [2.24, 2.45) is 11.8 Å². The fourth-order valence-corrected chi connectivity index (χ4v) is 6.16. The van der Waals surface area contributed by atoms with Gasteiger partial charge in [0.05, 0.1) is 23.3 Å². The van der Waals surface area contributed by atoms with Gasteiger partial charge in [-0.1, -0.05) is 12.8 Å². The molecule has 33 heavy (non-hydrogen) atoms. The molecule has 178 valence electrons. The number of rotatable bonds is 7. The fourth-order valence-electron chi connectivity index (χ4n) is 5.01. The van der Waals surface area contributed by atoms with Crippen LogP contribution in [0.1, 0.15) is 55.5 Å². The molecule has 3 unspecified atom stereocenters. The van der Waals surface area contributed by atoms with Crippen molar-refractivity contribution in [1.29, 1.82) is 0 Å². The highest BCUT2D eigenvalue weighted by Crippen LogP contribution is 2.39. The van der Waals surface area contributed by atoms with Gasteiger partial charge in [0.15, 0.2) is 12.4 Å². The summed E-state index contributed by atoms with van der Waals surface area (Å²) in [5.41, 5.74) is 1.62. The summed E-state index contributed by atoms with van der Waals surface area (Å²) in [5, 5.41) is 0. The normalized spacial score (nSPS) is 23.3. The third-order valence-corrected chi connectivity index (χ3v) is 8.68. The Morgan fingerprint density at radius 2 is 1.76 bits per heavy atom. The van der Waals surface area contributed by atoms with Crippen molar-refractivity contribution >= 4 is 39.3 Å². The molecule has 1 aromatic carbocycles. The number of esters is 1. The van der Waals surface area contributed by atoms with Crippen LogP contribution in [0.4, 0.5) is 5.69 Å². The maximum absolute atomic E-state index is 12.7. The van der Waals surface area contributed by atoms with E-state index in [9.17, 15) is 27.6 Å². The zero-order valence-electron chi connectivity index (χ0n) is 18.8. The molecule has 10 heteroatoms. The Balaban J connectivity index is 1.39. The highest BCUT2D eigenvalue weighted by atomic mass is 32.2. The van der Waals surface area contributed by atoms with E-state index in [2.05, 4.69) is 0 Å². The zero-order valence-corrected chi connectivity index (χ0v) is 19.6. The number of carbonyl (C=O) groups is 4. The van der Waals surface area contributed by atoms with Crippen molar-refractivity contribution in [1.82, 2.24) is 4.90 Å². The standard InChI is InChI=1S/C23H28N2O7S/c1-3-33(30,31)24-11-10-15-12-16(8-9-19(15)24)20(26)13-32-23(29)14(2)25-21(27)17-6-4-5-7-18(17)22(25)28/h8-9,12,14,17-18H,3-7,10-11,13H2,1-2H3. The van der Waals surface area contributed by atoms with Crippen molar-refractivity contribution in [2.45, 2.75) is 52.0 Å². The Morgan fingerprint density at radius 1 is 1.12 bits per heavy atom. The second kappa shape index (κ2) is 8.89. The molecule has 1 aliphatic carbocycles. The number of likely N-dealkylation sites (tertiary alicyclic amines) is 1.